The van der Waals surface area contributed by atoms with Crippen LogP contribution in [0.25, 0.3) is 0 Å². The van der Waals surface area contributed by atoms with Crippen molar-refractivity contribution in [1.82, 2.24) is 9.62 Å². The lowest BCUT2D eigenvalue weighted by Gasteiger charge is -2.29. The molecule has 0 saturated carbocycles. The summed E-state index contributed by atoms with van der Waals surface area (Å²) >= 11 is 0. The number of carbonyl (C=O) groups excluding carboxylic acids is 1. The smallest absolute Gasteiger partial charge is 0.209 e. The molecule has 1 amide bonds. The van der Waals surface area contributed by atoms with Gasteiger partial charge >= 0.3 is 0 Å². The van der Waals surface area contributed by atoms with Gasteiger partial charge in [-0.15, -0.1) is 0 Å². The van der Waals surface area contributed by atoms with Crippen LogP contribution in [0.15, 0.2) is 0 Å². The fourth-order valence-corrected chi connectivity index (χ4v) is 2.30. The second-order valence-corrected chi connectivity index (χ2v) is 5.11. The summed E-state index contributed by atoms with van der Waals surface area (Å²) in [6.45, 7) is 1.21. The van der Waals surface area contributed by atoms with Crippen molar-refractivity contribution in [3.8, 4) is 0 Å². The maximum atomic E-state index is 10.9. The van der Waals surface area contributed by atoms with Gasteiger partial charge in [0.05, 0.1) is 6.26 Å². The van der Waals surface area contributed by atoms with Gasteiger partial charge in [0, 0.05) is 19.1 Å². The predicted octanol–water partition coefficient (Wildman–Crippen LogP) is -0.844. The van der Waals surface area contributed by atoms with E-state index >= 15 is 0 Å². The second kappa shape index (κ2) is 4.06. The molecule has 0 aromatic heterocycles. The first-order valence-electron chi connectivity index (χ1n) is 4.18. The zero-order chi connectivity index (χ0) is 9.90. The van der Waals surface area contributed by atoms with Crippen LogP contribution in [-0.2, 0) is 14.8 Å². The van der Waals surface area contributed by atoms with Crippen molar-refractivity contribution >= 4 is 16.4 Å². The fraction of sp³-hybridized carbons (Fsp3) is 0.857. The molecule has 0 aromatic carbocycles. The van der Waals surface area contributed by atoms with Crippen LogP contribution < -0.4 is 4.72 Å². The van der Waals surface area contributed by atoms with Gasteiger partial charge in [-0.3, -0.25) is 4.79 Å². The van der Waals surface area contributed by atoms with E-state index in [1.807, 2.05) is 0 Å². The molecule has 1 saturated heterocycles. The number of hydrogen-bond acceptors (Lipinski definition) is 3. The minimum Gasteiger partial charge on any atom is -0.344 e. The zero-order valence-electron chi connectivity index (χ0n) is 7.56. The molecule has 0 aromatic rings. The highest BCUT2D eigenvalue weighted by Gasteiger charge is 2.20. The molecule has 1 aliphatic heterocycles. The zero-order valence-corrected chi connectivity index (χ0v) is 8.38. The monoisotopic (exact) mass is 206 g/mol. The number of carbonyl (C=O) groups is 1. The first-order chi connectivity index (χ1) is 6.01. The third kappa shape index (κ3) is 3.73. The van der Waals surface area contributed by atoms with Gasteiger partial charge in [0.1, 0.15) is 0 Å². The van der Waals surface area contributed by atoms with Crippen LogP contribution in [0.5, 0.6) is 0 Å². The third-order valence-electron chi connectivity index (χ3n) is 1.98. The summed E-state index contributed by atoms with van der Waals surface area (Å²) in [4.78, 5) is 12.0. The lowest BCUT2D eigenvalue weighted by atomic mass is 10.1. The second-order valence-electron chi connectivity index (χ2n) is 3.33. The summed E-state index contributed by atoms with van der Waals surface area (Å²) in [6, 6.07) is -0.117. The topological polar surface area (TPSA) is 66.5 Å². The molecule has 1 atom stereocenters. The average Bonchev–Trinajstić information content (AvgIpc) is 2.01. The Balaban J connectivity index is 2.47. The molecule has 0 bridgehead atoms. The fourth-order valence-electron chi connectivity index (χ4n) is 1.50. The van der Waals surface area contributed by atoms with Gasteiger partial charge in [-0.05, 0) is 12.8 Å². The molecular formula is C7H14N2O3S. The Kier molecular flexibility index (Phi) is 3.27. The van der Waals surface area contributed by atoms with Gasteiger partial charge in [0.15, 0.2) is 0 Å². The van der Waals surface area contributed by atoms with E-state index in [0.29, 0.717) is 6.54 Å². The summed E-state index contributed by atoms with van der Waals surface area (Å²) in [5.74, 6) is 0. The Hall–Kier alpha value is -0.620. The van der Waals surface area contributed by atoms with E-state index in [0.717, 1.165) is 32.1 Å². The normalized spacial score (nSPS) is 24.4. The predicted molar refractivity (Wildman–Crippen MR) is 48.6 cm³/mol. The molecule has 1 unspecified atom stereocenters. The Morgan fingerprint density at radius 2 is 2.23 bits per heavy atom. The van der Waals surface area contributed by atoms with Crippen molar-refractivity contribution in [2.75, 3.05) is 19.3 Å². The minimum atomic E-state index is -3.15. The van der Waals surface area contributed by atoms with Crippen LogP contribution >= 0.6 is 0 Å². The van der Waals surface area contributed by atoms with E-state index in [9.17, 15) is 13.2 Å². The highest BCUT2D eigenvalue weighted by atomic mass is 32.2. The number of piperidine rings is 1. The summed E-state index contributed by atoms with van der Waals surface area (Å²) in [5, 5.41) is 0. The van der Waals surface area contributed by atoms with E-state index in [2.05, 4.69) is 4.72 Å². The van der Waals surface area contributed by atoms with E-state index in [-0.39, 0.29) is 6.04 Å². The minimum absolute atomic E-state index is 0.117. The summed E-state index contributed by atoms with van der Waals surface area (Å²) in [6.07, 6.45) is 3.55. The average molecular weight is 206 g/mol. The summed E-state index contributed by atoms with van der Waals surface area (Å²) in [5.41, 5.74) is 0. The molecule has 1 fully saturated rings. The van der Waals surface area contributed by atoms with Crippen LogP contribution in [0.2, 0.25) is 0 Å². The van der Waals surface area contributed by atoms with Crippen LogP contribution in [0.1, 0.15) is 12.8 Å². The first kappa shape index (κ1) is 10.5. The molecular weight excluding hydrogens is 192 g/mol. The third-order valence-corrected chi connectivity index (χ3v) is 2.74. The van der Waals surface area contributed by atoms with E-state index < -0.39 is 10.0 Å². The van der Waals surface area contributed by atoms with Gasteiger partial charge in [0.25, 0.3) is 0 Å². The Morgan fingerprint density at radius 1 is 1.54 bits per heavy atom. The molecule has 1 heterocycles. The van der Waals surface area contributed by atoms with Gasteiger partial charge in [-0.1, -0.05) is 0 Å². The molecule has 5 nitrogen and oxygen atoms in total. The van der Waals surface area contributed by atoms with Gasteiger partial charge < -0.3 is 4.90 Å². The SMILES string of the molecule is CS(=O)(=O)NC1CCCN(C=O)C1. The Morgan fingerprint density at radius 3 is 2.77 bits per heavy atom. The molecule has 1 rings (SSSR count). The van der Waals surface area contributed by atoms with Crippen molar-refractivity contribution in [3.05, 3.63) is 0 Å². The van der Waals surface area contributed by atoms with E-state index in [1.165, 1.54) is 0 Å². The van der Waals surface area contributed by atoms with Crippen molar-refractivity contribution in [3.63, 3.8) is 0 Å². The molecule has 13 heavy (non-hydrogen) atoms. The highest BCUT2D eigenvalue weighted by Crippen LogP contribution is 2.08. The van der Waals surface area contributed by atoms with Crippen LogP contribution in [-0.4, -0.2) is 45.1 Å². The first-order valence-corrected chi connectivity index (χ1v) is 6.07. The van der Waals surface area contributed by atoms with Crippen molar-refractivity contribution in [2.24, 2.45) is 0 Å². The maximum Gasteiger partial charge on any atom is 0.209 e. The Bertz CT molecular complexity index is 275. The number of sulfonamides is 1. The molecule has 0 spiro atoms. The number of nitrogens with one attached hydrogen (secondary N) is 1. The lowest BCUT2D eigenvalue weighted by molar-refractivity contribution is -0.119. The van der Waals surface area contributed by atoms with Gasteiger partial charge in [-0.25, -0.2) is 13.1 Å². The molecule has 6 heteroatoms. The van der Waals surface area contributed by atoms with Crippen molar-refractivity contribution in [1.29, 1.82) is 0 Å². The standard InChI is InChI=1S/C7H14N2O3S/c1-13(11,12)8-7-3-2-4-9(5-7)6-10/h6-8H,2-5H2,1H3. The molecule has 0 radical (unpaired) electrons. The largest absolute Gasteiger partial charge is 0.344 e. The molecule has 76 valence electrons. The number of amides is 1. The molecule has 1 aliphatic rings. The maximum absolute atomic E-state index is 10.9. The number of likely N-dealkylation sites (tertiary alicyclic amines) is 1. The van der Waals surface area contributed by atoms with Gasteiger partial charge in [0.2, 0.25) is 16.4 Å². The number of rotatable bonds is 3. The number of nitrogens with zero attached hydrogens (tertiary/aromatic N) is 1. The van der Waals surface area contributed by atoms with Crippen LogP contribution in [0.3, 0.4) is 0 Å². The van der Waals surface area contributed by atoms with Crippen molar-refractivity contribution in [2.45, 2.75) is 18.9 Å². The molecule has 1 N–H and O–H groups in total. The lowest BCUT2D eigenvalue weighted by Crippen LogP contribution is -2.46. The van der Waals surface area contributed by atoms with E-state index in [1.54, 1.807) is 4.90 Å². The highest BCUT2D eigenvalue weighted by molar-refractivity contribution is 7.88. The van der Waals surface area contributed by atoms with E-state index in [4.69, 9.17) is 0 Å². The van der Waals surface area contributed by atoms with Gasteiger partial charge in [-0.2, -0.15) is 0 Å². The Labute approximate surface area is 78.2 Å². The van der Waals surface area contributed by atoms with Crippen molar-refractivity contribution < 1.29 is 13.2 Å². The summed E-state index contributed by atoms with van der Waals surface area (Å²) < 4.78 is 24.2. The van der Waals surface area contributed by atoms with Crippen LogP contribution in [0, 0.1) is 0 Å². The summed E-state index contributed by atoms with van der Waals surface area (Å²) in [7, 11) is -3.15. The number of hydrogen-bond donors (Lipinski definition) is 1. The molecule has 0 aliphatic carbocycles. The van der Waals surface area contributed by atoms with Crippen LogP contribution in [0.4, 0.5) is 0 Å². The quantitative estimate of drug-likeness (QED) is 0.612.